The van der Waals surface area contributed by atoms with Crippen molar-refractivity contribution in [1.82, 2.24) is 4.90 Å². The maximum atomic E-state index is 13.8. The molecule has 1 aromatic carbocycles. The fraction of sp³-hybridized carbons (Fsp3) is 0.423. The van der Waals surface area contributed by atoms with Gasteiger partial charge in [0, 0.05) is 29.7 Å². The number of ketones is 2. The molecule has 1 aromatic rings. The first-order valence-corrected chi connectivity index (χ1v) is 13.8. The average Bonchev–Trinajstić information content (AvgIpc) is 2.79. The molecule has 6 N–H and O–H groups in total. The summed E-state index contributed by atoms with van der Waals surface area (Å²) in [5, 5.41) is 44.2. The Balaban J connectivity index is 1.88. The Morgan fingerprint density at radius 2 is 1.87 bits per heavy atom. The quantitative estimate of drug-likeness (QED) is 0.249. The highest BCUT2D eigenvalue weighted by Crippen LogP contribution is 2.52. The Labute approximate surface area is 219 Å². The van der Waals surface area contributed by atoms with Crippen molar-refractivity contribution in [3.63, 3.8) is 0 Å². The number of carbonyl (C=O) groups excluding carboxylic acids is 3. The maximum absolute atomic E-state index is 13.8. The van der Waals surface area contributed by atoms with Gasteiger partial charge in [0.05, 0.1) is 17.4 Å². The minimum absolute atomic E-state index is 0.0393. The number of aliphatic hydroxyl groups is 3. The van der Waals surface area contributed by atoms with Crippen LogP contribution in [0.5, 0.6) is 5.75 Å². The fourth-order valence-corrected chi connectivity index (χ4v) is 6.23. The Bertz CT molecular complexity index is 1510. The number of primary amides is 1. The predicted octanol–water partition coefficient (Wildman–Crippen LogP) is -0.250. The largest absolute Gasteiger partial charge is 0.508 e. The van der Waals surface area contributed by atoms with Gasteiger partial charge in [0.25, 0.3) is 5.91 Å². The van der Waals surface area contributed by atoms with Crippen LogP contribution in [0.1, 0.15) is 29.5 Å². The second kappa shape index (κ2) is 9.27. The van der Waals surface area contributed by atoms with Gasteiger partial charge in [-0.3, -0.25) is 19.3 Å². The summed E-state index contributed by atoms with van der Waals surface area (Å²) >= 11 is 0. The number of likely N-dealkylation sites (N-methyl/N-ethyl adjacent to an activating group) is 1. The van der Waals surface area contributed by atoms with Gasteiger partial charge >= 0.3 is 0 Å². The molecule has 12 heteroatoms. The first-order chi connectivity index (χ1) is 17.6. The molecule has 38 heavy (non-hydrogen) atoms. The van der Waals surface area contributed by atoms with Crippen molar-refractivity contribution in [3.05, 3.63) is 45.7 Å². The van der Waals surface area contributed by atoms with E-state index in [1.807, 2.05) is 0 Å². The van der Waals surface area contributed by atoms with Crippen LogP contribution in [0.15, 0.2) is 29.0 Å². The zero-order valence-electron chi connectivity index (χ0n) is 21.0. The summed E-state index contributed by atoms with van der Waals surface area (Å²) in [7, 11) is -0.170. The topological polar surface area (TPSA) is 196 Å². The van der Waals surface area contributed by atoms with Crippen molar-refractivity contribution in [2.75, 3.05) is 26.1 Å². The highest BCUT2D eigenvalue weighted by atomic mass is 32.2. The van der Waals surface area contributed by atoms with Crippen molar-refractivity contribution >= 4 is 33.1 Å². The van der Waals surface area contributed by atoms with Crippen molar-refractivity contribution < 1.29 is 43.2 Å². The molecule has 1 fully saturated rings. The van der Waals surface area contributed by atoms with Crippen LogP contribution in [0.3, 0.4) is 0 Å². The molecule has 0 aromatic heterocycles. The monoisotopic (exact) mass is 544 g/mol. The molecule has 202 valence electrons. The van der Waals surface area contributed by atoms with Crippen LogP contribution in [0, 0.1) is 23.7 Å². The summed E-state index contributed by atoms with van der Waals surface area (Å²) in [5.41, 5.74) is 2.23. The first kappa shape index (κ1) is 27.4. The number of hydrogen-bond donors (Lipinski definition) is 5. The summed E-state index contributed by atoms with van der Waals surface area (Å²) in [6.45, 7) is 0. The molecule has 4 rings (SSSR count). The van der Waals surface area contributed by atoms with E-state index in [4.69, 9.17) is 5.73 Å². The van der Waals surface area contributed by atoms with Crippen LogP contribution in [0.4, 0.5) is 0 Å². The maximum Gasteiger partial charge on any atom is 0.255 e. The summed E-state index contributed by atoms with van der Waals surface area (Å²) < 4.78 is 22.8. The number of phenolic OH excluding ortho intramolecular Hbond substituents is 1. The molecule has 0 radical (unpaired) electrons. The second-order valence-electron chi connectivity index (χ2n) is 10.1. The number of fused-ring (bicyclic) bond motifs is 3. The Morgan fingerprint density at radius 3 is 2.45 bits per heavy atom. The van der Waals surface area contributed by atoms with E-state index in [1.54, 1.807) is 0 Å². The fourth-order valence-electron chi connectivity index (χ4n) is 5.76. The zero-order valence-corrected chi connectivity index (χ0v) is 21.8. The van der Waals surface area contributed by atoms with E-state index in [-0.39, 0.29) is 41.9 Å². The van der Waals surface area contributed by atoms with E-state index in [9.17, 15) is 43.2 Å². The van der Waals surface area contributed by atoms with E-state index in [1.165, 1.54) is 31.1 Å². The number of carbonyl (C=O) groups is 3. The van der Waals surface area contributed by atoms with E-state index < -0.39 is 67.9 Å². The molecular formula is C26H28N2O9S. The lowest BCUT2D eigenvalue weighted by Gasteiger charge is -2.50. The van der Waals surface area contributed by atoms with E-state index in [0.717, 1.165) is 6.26 Å². The predicted molar refractivity (Wildman–Crippen MR) is 135 cm³/mol. The van der Waals surface area contributed by atoms with Crippen molar-refractivity contribution in [2.24, 2.45) is 17.6 Å². The highest BCUT2D eigenvalue weighted by Gasteiger charge is 2.64. The third-order valence-electron chi connectivity index (χ3n) is 7.43. The number of nitrogens with zero attached hydrogens (tertiary/aromatic N) is 1. The first-order valence-electron chi connectivity index (χ1n) is 11.8. The number of sulfone groups is 1. The third kappa shape index (κ3) is 4.16. The lowest BCUT2D eigenvalue weighted by atomic mass is 9.57. The molecule has 1 saturated carbocycles. The summed E-state index contributed by atoms with van der Waals surface area (Å²) in [6, 6.07) is 1.61. The van der Waals surface area contributed by atoms with Gasteiger partial charge in [-0.25, -0.2) is 8.42 Å². The number of aliphatic hydroxyl groups excluding tert-OH is 2. The lowest BCUT2D eigenvalue weighted by molar-refractivity contribution is -0.153. The van der Waals surface area contributed by atoms with E-state index in [2.05, 4.69) is 11.8 Å². The van der Waals surface area contributed by atoms with Crippen LogP contribution in [-0.2, 0) is 30.6 Å². The van der Waals surface area contributed by atoms with Crippen molar-refractivity contribution in [1.29, 1.82) is 0 Å². The van der Waals surface area contributed by atoms with Gasteiger partial charge in [-0.05, 0) is 50.6 Å². The van der Waals surface area contributed by atoms with Crippen molar-refractivity contribution in [2.45, 2.75) is 30.9 Å². The number of benzene rings is 1. The molecule has 1 amide bonds. The Hall–Kier alpha value is -3.66. The molecule has 4 atom stereocenters. The summed E-state index contributed by atoms with van der Waals surface area (Å²) in [5.74, 6) is -1.74. The van der Waals surface area contributed by atoms with Gasteiger partial charge in [0.1, 0.15) is 32.7 Å². The molecule has 0 heterocycles. The molecule has 3 aliphatic rings. The minimum atomic E-state index is -3.22. The smallest absolute Gasteiger partial charge is 0.255 e. The van der Waals surface area contributed by atoms with Crippen LogP contribution in [0.2, 0.25) is 0 Å². The molecule has 0 saturated heterocycles. The van der Waals surface area contributed by atoms with Crippen LogP contribution >= 0.6 is 0 Å². The standard InChI is InChI=1S/C26H28N2O9S/c1-28(2)20-15-11-13-10-14-12(6-4-5-9-38(3,36)37)7-8-16(29)18(14)21(30)17(13)23(32)26(15,35)24(33)19(22(20)31)25(27)34/h7-8,13,15,20,29-30,33,35H,5,9-11H2,1-3H3,(H2,27,34)/t13-,15-,20-,26-/m0/s1. The SMILES string of the molecule is CN(C)[C@@H]1C(=O)C(C(N)=O)=C(O)[C@@]2(O)C(=O)C3=C(O)c4c(O)ccc(C#CCCS(C)(=O)=O)c4C[C@H]3C[C@@H]12. The summed E-state index contributed by atoms with van der Waals surface area (Å²) in [4.78, 5) is 40.4. The van der Waals surface area contributed by atoms with Gasteiger partial charge in [0.2, 0.25) is 5.78 Å². The normalized spacial score (nSPS) is 26.9. The molecule has 0 bridgehead atoms. The number of hydrogen-bond acceptors (Lipinski definition) is 10. The number of rotatable bonds is 4. The molecule has 0 spiro atoms. The van der Waals surface area contributed by atoms with Crippen LogP contribution in [0.25, 0.3) is 5.76 Å². The van der Waals surface area contributed by atoms with Crippen molar-refractivity contribution in [3.8, 4) is 17.6 Å². The number of phenols is 1. The summed E-state index contributed by atoms with van der Waals surface area (Å²) in [6.07, 6.45) is 1.22. The Morgan fingerprint density at radius 1 is 1.21 bits per heavy atom. The van der Waals surface area contributed by atoms with Gasteiger partial charge in [-0.15, -0.1) is 0 Å². The van der Waals surface area contributed by atoms with Gasteiger partial charge < -0.3 is 26.2 Å². The Kier molecular flexibility index (Phi) is 6.68. The number of Topliss-reactive ketones (excluding diaryl/α,β-unsaturated/α-hetero) is 2. The average molecular weight is 545 g/mol. The molecule has 0 unspecified atom stereocenters. The molecule has 11 nitrogen and oxygen atoms in total. The van der Waals surface area contributed by atoms with Gasteiger partial charge in [-0.1, -0.05) is 11.8 Å². The number of nitrogens with two attached hydrogens (primary N) is 1. The van der Waals surface area contributed by atoms with Crippen LogP contribution in [-0.4, -0.2) is 89.0 Å². The number of aromatic hydroxyl groups is 1. The zero-order chi connectivity index (χ0) is 28.3. The van der Waals surface area contributed by atoms with Crippen LogP contribution < -0.4 is 5.73 Å². The molecule has 3 aliphatic carbocycles. The number of amides is 1. The van der Waals surface area contributed by atoms with E-state index >= 15 is 0 Å². The molecular weight excluding hydrogens is 516 g/mol. The van der Waals surface area contributed by atoms with E-state index in [0.29, 0.717) is 11.1 Å². The lowest BCUT2D eigenvalue weighted by Crippen LogP contribution is -2.65. The molecule has 0 aliphatic heterocycles. The minimum Gasteiger partial charge on any atom is -0.508 e. The highest BCUT2D eigenvalue weighted by molar-refractivity contribution is 7.90. The third-order valence-corrected chi connectivity index (χ3v) is 8.37. The van der Waals surface area contributed by atoms with Gasteiger partial charge in [0.15, 0.2) is 11.4 Å². The second-order valence-corrected chi connectivity index (χ2v) is 12.4. The van der Waals surface area contributed by atoms with Gasteiger partial charge in [-0.2, -0.15) is 0 Å².